The molecule has 0 fully saturated rings. The molecule has 0 saturated carbocycles. The molecule has 6 heteroatoms. The van der Waals surface area contributed by atoms with Gasteiger partial charge in [-0.15, -0.1) is 0 Å². The minimum atomic E-state index is -3.64. The number of sulfonamides is 1. The van der Waals surface area contributed by atoms with Crippen molar-refractivity contribution < 1.29 is 13.2 Å². The maximum Gasteiger partial charge on any atom is 0.244 e. The van der Waals surface area contributed by atoms with Crippen molar-refractivity contribution in [2.45, 2.75) is 53.6 Å². The summed E-state index contributed by atoms with van der Waals surface area (Å²) < 4.78 is 26.2. The van der Waals surface area contributed by atoms with Crippen LogP contribution in [-0.4, -0.2) is 26.6 Å². The number of aryl methyl sites for hydroxylation is 4. The summed E-state index contributed by atoms with van der Waals surface area (Å²) in [4.78, 5) is 12.9. The SMILES string of the molecule is Cc1cc(C)cc(N([C@@H](C)C(=O)N[C@H](C)c2cc(C)ccc2C)S(C)(=O)=O)c1. The van der Waals surface area contributed by atoms with Crippen LogP contribution in [0.3, 0.4) is 0 Å². The minimum Gasteiger partial charge on any atom is -0.348 e. The molecule has 0 unspecified atom stereocenters. The molecule has 0 aromatic heterocycles. The highest BCUT2D eigenvalue weighted by Crippen LogP contribution is 2.25. The Morgan fingerprint density at radius 2 is 1.50 bits per heavy atom. The summed E-state index contributed by atoms with van der Waals surface area (Å²) in [5.41, 5.74) is 5.61. The zero-order valence-corrected chi connectivity index (χ0v) is 18.5. The van der Waals surface area contributed by atoms with Gasteiger partial charge in [-0.05, 0) is 75.9 Å². The van der Waals surface area contributed by atoms with E-state index in [1.807, 2.05) is 58.9 Å². The Morgan fingerprint density at radius 3 is 2.04 bits per heavy atom. The molecule has 2 rings (SSSR count). The molecular formula is C22H30N2O3S. The number of carbonyl (C=O) groups is 1. The summed E-state index contributed by atoms with van der Waals surface area (Å²) in [6.45, 7) is 11.3. The number of rotatable bonds is 6. The molecular weight excluding hydrogens is 372 g/mol. The lowest BCUT2D eigenvalue weighted by Gasteiger charge is -2.30. The molecule has 1 N–H and O–H groups in total. The standard InChI is InChI=1S/C22H30N2O3S/c1-14-8-9-17(4)21(13-14)18(5)23-22(25)19(6)24(28(7,26)27)20-11-15(2)10-16(3)12-20/h8-13,18-19H,1-7H3,(H,23,25)/t18-,19+/m1/s1. The van der Waals surface area contributed by atoms with Crippen molar-refractivity contribution >= 4 is 21.6 Å². The molecule has 1 amide bonds. The van der Waals surface area contributed by atoms with Crippen LogP contribution < -0.4 is 9.62 Å². The fourth-order valence-corrected chi connectivity index (χ4v) is 4.68. The molecule has 2 aromatic rings. The van der Waals surface area contributed by atoms with Gasteiger partial charge in [-0.25, -0.2) is 8.42 Å². The van der Waals surface area contributed by atoms with Crippen LogP contribution in [0.4, 0.5) is 5.69 Å². The average Bonchev–Trinajstić information content (AvgIpc) is 2.54. The predicted octanol–water partition coefficient (Wildman–Crippen LogP) is 3.95. The van der Waals surface area contributed by atoms with E-state index in [-0.39, 0.29) is 11.9 Å². The number of hydrogen-bond acceptors (Lipinski definition) is 3. The second-order valence-corrected chi connectivity index (χ2v) is 9.53. The van der Waals surface area contributed by atoms with E-state index in [2.05, 4.69) is 5.32 Å². The third kappa shape index (κ3) is 5.13. The lowest BCUT2D eigenvalue weighted by Crippen LogP contribution is -2.48. The molecule has 0 aliphatic rings. The summed E-state index contributed by atoms with van der Waals surface area (Å²) in [6.07, 6.45) is 1.13. The van der Waals surface area contributed by atoms with Crippen LogP contribution in [0, 0.1) is 27.7 Å². The molecule has 0 aliphatic heterocycles. The summed E-state index contributed by atoms with van der Waals surface area (Å²) in [7, 11) is -3.64. The first-order chi connectivity index (χ1) is 12.9. The van der Waals surface area contributed by atoms with Crippen LogP contribution in [-0.2, 0) is 14.8 Å². The molecule has 0 radical (unpaired) electrons. The maximum atomic E-state index is 12.9. The van der Waals surface area contributed by atoms with Gasteiger partial charge in [0, 0.05) is 0 Å². The topological polar surface area (TPSA) is 66.5 Å². The number of anilines is 1. The van der Waals surface area contributed by atoms with Crippen molar-refractivity contribution in [1.29, 1.82) is 0 Å². The van der Waals surface area contributed by atoms with Crippen molar-refractivity contribution in [1.82, 2.24) is 5.32 Å². The summed E-state index contributed by atoms with van der Waals surface area (Å²) in [5.74, 6) is -0.335. The van der Waals surface area contributed by atoms with Gasteiger partial charge < -0.3 is 5.32 Å². The van der Waals surface area contributed by atoms with Crippen molar-refractivity contribution in [2.24, 2.45) is 0 Å². The van der Waals surface area contributed by atoms with Crippen LogP contribution in [0.5, 0.6) is 0 Å². The fourth-order valence-electron chi connectivity index (χ4n) is 3.52. The fraction of sp³-hybridized carbons (Fsp3) is 0.409. The highest BCUT2D eigenvalue weighted by Gasteiger charge is 2.30. The summed E-state index contributed by atoms with van der Waals surface area (Å²) >= 11 is 0. The Labute approximate surface area is 168 Å². The van der Waals surface area contributed by atoms with Crippen molar-refractivity contribution in [3.05, 3.63) is 64.2 Å². The van der Waals surface area contributed by atoms with E-state index >= 15 is 0 Å². The number of amides is 1. The number of hydrogen-bond donors (Lipinski definition) is 1. The quantitative estimate of drug-likeness (QED) is 0.795. The number of nitrogens with one attached hydrogen (secondary N) is 1. The van der Waals surface area contributed by atoms with E-state index in [0.29, 0.717) is 5.69 Å². The predicted molar refractivity (Wildman–Crippen MR) is 115 cm³/mol. The third-order valence-electron chi connectivity index (χ3n) is 4.81. The number of carbonyl (C=O) groups excluding carboxylic acids is 1. The van der Waals surface area contributed by atoms with Crippen molar-refractivity contribution in [3.63, 3.8) is 0 Å². The van der Waals surface area contributed by atoms with Gasteiger partial charge in [0.2, 0.25) is 15.9 Å². The lowest BCUT2D eigenvalue weighted by atomic mass is 10.00. The molecule has 2 aromatic carbocycles. The van der Waals surface area contributed by atoms with Gasteiger partial charge in [0.15, 0.2) is 0 Å². The molecule has 0 saturated heterocycles. The van der Waals surface area contributed by atoms with Gasteiger partial charge in [0.1, 0.15) is 6.04 Å². The number of benzene rings is 2. The molecule has 0 heterocycles. The monoisotopic (exact) mass is 402 g/mol. The van der Waals surface area contributed by atoms with E-state index in [1.54, 1.807) is 19.1 Å². The van der Waals surface area contributed by atoms with Gasteiger partial charge in [0.25, 0.3) is 0 Å². The number of nitrogens with zero attached hydrogens (tertiary/aromatic N) is 1. The molecule has 2 atom stereocenters. The Kier molecular flexibility index (Phi) is 6.55. The van der Waals surface area contributed by atoms with Crippen LogP contribution in [0.2, 0.25) is 0 Å². The van der Waals surface area contributed by atoms with Crippen molar-refractivity contribution in [2.75, 3.05) is 10.6 Å². The van der Waals surface area contributed by atoms with Crippen LogP contribution in [0.25, 0.3) is 0 Å². The largest absolute Gasteiger partial charge is 0.348 e. The molecule has 0 aliphatic carbocycles. The van der Waals surface area contributed by atoms with Gasteiger partial charge in [-0.2, -0.15) is 0 Å². The van der Waals surface area contributed by atoms with E-state index < -0.39 is 16.1 Å². The Morgan fingerprint density at radius 1 is 0.929 bits per heavy atom. The summed E-state index contributed by atoms with van der Waals surface area (Å²) in [5, 5.41) is 2.97. The van der Waals surface area contributed by atoms with Gasteiger partial charge >= 0.3 is 0 Å². The highest BCUT2D eigenvalue weighted by molar-refractivity contribution is 7.92. The normalized spacial score (nSPS) is 13.7. The van der Waals surface area contributed by atoms with E-state index in [1.165, 1.54) is 4.31 Å². The zero-order chi connectivity index (χ0) is 21.2. The van der Waals surface area contributed by atoms with Gasteiger partial charge in [-0.1, -0.05) is 29.8 Å². The lowest BCUT2D eigenvalue weighted by molar-refractivity contribution is -0.122. The van der Waals surface area contributed by atoms with Crippen LogP contribution in [0.1, 0.15) is 47.7 Å². The average molecular weight is 403 g/mol. The molecule has 5 nitrogen and oxygen atoms in total. The smallest absolute Gasteiger partial charge is 0.244 e. The minimum absolute atomic E-state index is 0.226. The molecule has 0 spiro atoms. The van der Waals surface area contributed by atoms with Gasteiger partial charge in [-0.3, -0.25) is 9.10 Å². The highest BCUT2D eigenvalue weighted by atomic mass is 32.2. The first-order valence-corrected chi connectivity index (χ1v) is 11.2. The van der Waals surface area contributed by atoms with E-state index in [9.17, 15) is 13.2 Å². The van der Waals surface area contributed by atoms with E-state index in [4.69, 9.17) is 0 Å². The zero-order valence-electron chi connectivity index (χ0n) is 17.7. The second kappa shape index (κ2) is 8.35. The summed E-state index contributed by atoms with van der Waals surface area (Å²) in [6, 6.07) is 10.5. The van der Waals surface area contributed by atoms with E-state index in [0.717, 1.165) is 34.1 Å². The molecule has 0 bridgehead atoms. The molecule has 152 valence electrons. The molecule has 28 heavy (non-hydrogen) atoms. The van der Waals surface area contributed by atoms with Crippen LogP contribution in [0.15, 0.2) is 36.4 Å². The Bertz CT molecular complexity index is 963. The second-order valence-electron chi connectivity index (χ2n) is 7.67. The Hall–Kier alpha value is -2.34. The van der Waals surface area contributed by atoms with Crippen LogP contribution >= 0.6 is 0 Å². The first-order valence-electron chi connectivity index (χ1n) is 9.35. The van der Waals surface area contributed by atoms with Crippen molar-refractivity contribution in [3.8, 4) is 0 Å². The van der Waals surface area contributed by atoms with Gasteiger partial charge in [0.05, 0.1) is 18.0 Å². The Balaban J connectivity index is 2.32. The first kappa shape index (κ1) is 22.0. The third-order valence-corrected chi connectivity index (χ3v) is 6.05. The maximum absolute atomic E-state index is 12.9.